The third-order valence-electron chi connectivity index (χ3n) is 5.98. The summed E-state index contributed by atoms with van der Waals surface area (Å²) < 4.78 is 1.59. The molecule has 3 heterocycles. The lowest BCUT2D eigenvalue weighted by molar-refractivity contribution is 0.0627. The lowest BCUT2D eigenvalue weighted by Crippen LogP contribution is -2.49. The maximum Gasteiger partial charge on any atom is 0.275 e. The Hall–Kier alpha value is -3.00. The molecule has 0 unspecified atom stereocenters. The second kappa shape index (κ2) is 7.44. The molecule has 8 heteroatoms. The van der Waals surface area contributed by atoms with Crippen LogP contribution in [0.25, 0.3) is 10.9 Å². The molecular formula is C21H24N6O2. The van der Waals surface area contributed by atoms with Crippen molar-refractivity contribution in [3.05, 3.63) is 57.6 Å². The molecular weight excluding hydrogens is 368 g/mol. The Bertz CT molecular complexity index is 1110. The first-order valence-electron chi connectivity index (χ1n) is 10.2. The predicted octanol–water partition coefficient (Wildman–Crippen LogP) is 1.07. The van der Waals surface area contributed by atoms with Crippen molar-refractivity contribution in [3.8, 4) is 0 Å². The summed E-state index contributed by atoms with van der Waals surface area (Å²) in [7, 11) is 0. The number of aromatic amines is 1. The van der Waals surface area contributed by atoms with E-state index in [-0.39, 0.29) is 11.5 Å². The highest BCUT2D eigenvalue weighted by atomic mass is 16.2. The number of fused-ring (bicyclic) bond motifs is 2. The van der Waals surface area contributed by atoms with Crippen LogP contribution in [-0.2, 0) is 19.4 Å². The highest BCUT2D eigenvalue weighted by molar-refractivity contribution is 6.04. The van der Waals surface area contributed by atoms with Gasteiger partial charge in [-0.3, -0.25) is 19.6 Å². The molecule has 1 aliphatic heterocycles. The van der Waals surface area contributed by atoms with Crippen LogP contribution in [0.1, 0.15) is 28.2 Å². The zero-order valence-corrected chi connectivity index (χ0v) is 16.3. The van der Waals surface area contributed by atoms with Crippen LogP contribution in [0.15, 0.2) is 35.1 Å². The highest BCUT2D eigenvalue weighted by Crippen LogP contribution is 2.18. The van der Waals surface area contributed by atoms with Crippen LogP contribution in [0.4, 0.5) is 0 Å². The molecule has 1 aromatic carbocycles. The lowest BCUT2D eigenvalue weighted by atomic mass is 10.2. The topological polar surface area (TPSA) is 87.1 Å². The van der Waals surface area contributed by atoms with Crippen LogP contribution in [0, 0.1) is 0 Å². The lowest BCUT2D eigenvalue weighted by Gasteiger charge is -2.34. The number of amides is 1. The van der Waals surface area contributed by atoms with Crippen molar-refractivity contribution in [1.82, 2.24) is 29.8 Å². The molecule has 1 fully saturated rings. The Morgan fingerprint density at radius 2 is 1.90 bits per heavy atom. The molecule has 150 valence electrons. The molecule has 8 nitrogen and oxygen atoms in total. The summed E-state index contributed by atoms with van der Waals surface area (Å²) in [5.41, 5.74) is 3.55. The zero-order chi connectivity index (χ0) is 19.8. The molecule has 1 aliphatic carbocycles. The van der Waals surface area contributed by atoms with E-state index in [4.69, 9.17) is 0 Å². The number of para-hydroxylation sites is 1. The molecule has 29 heavy (non-hydrogen) atoms. The van der Waals surface area contributed by atoms with Gasteiger partial charge in [0, 0.05) is 44.2 Å². The summed E-state index contributed by atoms with van der Waals surface area (Å²) >= 11 is 0. The van der Waals surface area contributed by atoms with Crippen molar-refractivity contribution in [1.29, 1.82) is 0 Å². The minimum absolute atomic E-state index is 0.00938. The van der Waals surface area contributed by atoms with Crippen LogP contribution in [0.3, 0.4) is 0 Å². The van der Waals surface area contributed by atoms with E-state index in [1.165, 1.54) is 0 Å². The van der Waals surface area contributed by atoms with Gasteiger partial charge in [-0.1, -0.05) is 18.2 Å². The number of benzene rings is 1. The Kier molecular flexibility index (Phi) is 4.63. The fourth-order valence-corrected chi connectivity index (χ4v) is 4.29. The van der Waals surface area contributed by atoms with Gasteiger partial charge in [0.1, 0.15) is 0 Å². The molecule has 3 aromatic rings. The first-order chi connectivity index (χ1) is 14.2. The number of piperazine rings is 1. The van der Waals surface area contributed by atoms with Gasteiger partial charge >= 0.3 is 0 Å². The van der Waals surface area contributed by atoms with Gasteiger partial charge in [-0.05, 0) is 30.9 Å². The fourth-order valence-electron chi connectivity index (χ4n) is 4.29. The molecule has 0 bridgehead atoms. The van der Waals surface area contributed by atoms with E-state index in [9.17, 15) is 9.59 Å². The first kappa shape index (κ1) is 18.1. The molecule has 2 aromatic heterocycles. The zero-order valence-electron chi connectivity index (χ0n) is 16.3. The molecule has 0 radical (unpaired) electrons. The van der Waals surface area contributed by atoms with Crippen LogP contribution in [0.2, 0.25) is 0 Å². The average Bonchev–Trinajstić information content (AvgIpc) is 3.38. The normalized spacial score (nSPS) is 17.0. The van der Waals surface area contributed by atoms with E-state index in [0.717, 1.165) is 61.1 Å². The second-order valence-corrected chi connectivity index (χ2v) is 7.78. The van der Waals surface area contributed by atoms with E-state index < -0.39 is 0 Å². The molecule has 0 atom stereocenters. The van der Waals surface area contributed by atoms with E-state index in [1.807, 2.05) is 29.2 Å². The highest BCUT2D eigenvalue weighted by Gasteiger charge is 2.25. The van der Waals surface area contributed by atoms with Gasteiger partial charge in [0.25, 0.3) is 11.5 Å². The van der Waals surface area contributed by atoms with Gasteiger partial charge in [0.2, 0.25) is 0 Å². The van der Waals surface area contributed by atoms with E-state index >= 15 is 0 Å². The van der Waals surface area contributed by atoms with Gasteiger partial charge in [-0.15, -0.1) is 0 Å². The largest absolute Gasteiger partial charge is 0.335 e. The predicted molar refractivity (Wildman–Crippen MR) is 109 cm³/mol. The van der Waals surface area contributed by atoms with Crippen LogP contribution < -0.4 is 5.56 Å². The Balaban J connectivity index is 1.19. The number of H-pyrrole nitrogens is 1. The van der Waals surface area contributed by atoms with Crippen LogP contribution >= 0.6 is 0 Å². The molecule has 1 amide bonds. The van der Waals surface area contributed by atoms with Gasteiger partial charge in [0.15, 0.2) is 5.69 Å². The third kappa shape index (κ3) is 3.44. The van der Waals surface area contributed by atoms with E-state index in [2.05, 4.69) is 20.2 Å². The van der Waals surface area contributed by atoms with Gasteiger partial charge < -0.3 is 4.90 Å². The average molecular weight is 392 g/mol. The Labute approximate surface area is 168 Å². The minimum Gasteiger partial charge on any atom is -0.335 e. The number of rotatable bonds is 4. The molecule has 1 N–H and O–H groups in total. The maximum atomic E-state index is 12.9. The Morgan fingerprint density at radius 3 is 2.76 bits per heavy atom. The molecule has 0 saturated carbocycles. The summed E-state index contributed by atoms with van der Waals surface area (Å²) in [5.74, 6) is -0.0291. The summed E-state index contributed by atoms with van der Waals surface area (Å²) in [6.45, 7) is 4.24. The molecule has 1 saturated heterocycles. The van der Waals surface area contributed by atoms with Gasteiger partial charge in [-0.2, -0.15) is 10.2 Å². The second-order valence-electron chi connectivity index (χ2n) is 7.78. The number of aromatic nitrogens is 4. The van der Waals surface area contributed by atoms with Crippen molar-refractivity contribution < 1.29 is 4.79 Å². The van der Waals surface area contributed by atoms with Crippen LogP contribution in [-0.4, -0.2) is 68.4 Å². The van der Waals surface area contributed by atoms with Crippen LogP contribution in [0.5, 0.6) is 0 Å². The van der Waals surface area contributed by atoms with Crippen molar-refractivity contribution in [2.75, 3.05) is 32.7 Å². The number of aryl methyl sites for hydroxylation is 2. The first-order valence-corrected chi connectivity index (χ1v) is 10.2. The molecule has 2 aliphatic rings. The molecule has 0 spiro atoms. The van der Waals surface area contributed by atoms with Crippen molar-refractivity contribution >= 4 is 16.8 Å². The summed E-state index contributed by atoms with van der Waals surface area (Å²) in [5, 5.41) is 12.6. The monoisotopic (exact) mass is 392 g/mol. The standard InChI is InChI=1S/C21H24N6O2/c28-19-14-15-4-3-7-17(15)24-27(19)13-10-25-8-11-26(12-9-25)21(29)20-16-5-1-2-6-18(16)22-23-20/h1-2,5-6,14H,3-4,7-13H2,(H,22,23). The number of carbonyl (C=O) groups is 1. The summed E-state index contributed by atoms with van der Waals surface area (Å²) in [4.78, 5) is 29.3. The van der Waals surface area contributed by atoms with Crippen molar-refractivity contribution in [3.63, 3.8) is 0 Å². The number of hydrogen-bond acceptors (Lipinski definition) is 5. The van der Waals surface area contributed by atoms with Gasteiger partial charge in [0.05, 0.1) is 17.8 Å². The summed E-state index contributed by atoms with van der Waals surface area (Å²) in [6.07, 6.45) is 3.03. The van der Waals surface area contributed by atoms with Crippen molar-refractivity contribution in [2.24, 2.45) is 0 Å². The third-order valence-corrected chi connectivity index (χ3v) is 5.98. The smallest absolute Gasteiger partial charge is 0.275 e. The number of carbonyl (C=O) groups excluding carboxylic acids is 1. The Morgan fingerprint density at radius 1 is 1.07 bits per heavy atom. The van der Waals surface area contributed by atoms with E-state index in [1.54, 1.807) is 10.7 Å². The minimum atomic E-state index is -0.0291. The van der Waals surface area contributed by atoms with E-state index in [0.29, 0.717) is 25.3 Å². The quantitative estimate of drug-likeness (QED) is 0.718. The maximum absolute atomic E-state index is 12.9. The number of hydrogen-bond donors (Lipinski definition) is 1. The fraction of sp³-hybridized carbons (Fsp3) is 0.429. The van der Waals surface area contributed by atoms with Crippen molar-refractivity contribution in [2.45, 2.75) is 25.8 Å². The molecule has 5 rings (SSSR count). The SMILES string of the molecule is O=C(c1n[nH]c2ccccc12)N1CCN(CCn2nc3c(cc2=O)CCC3)CC1. The number of nitrogens with zero attached hydrogens (tertiary/aromatic N) is 5. The number of nitrogens with one attached hydrogen (secondary N) is 1. The summed E-state index contributed by atoms with van der Waals surface area (Å²) in [6, 6.07) is 9.44. The van der Waals surface area contributed by atoms with Gasteiger partial charge in [-0.25, -0.2) is 4.68 Å².